The van der Waals surface area contributed by atoms with E-state index in [0.717, 1.165) is 18.4 Å². The van der Waals surface area contributed by atoms with Crippen LogP contribution in [0.2, 0.25) is 0 Å². The van der Waals surface area contributed by atoms with Gasteiger partial charge < -0.3 is 5.32 Å². The second-order valence-electron chi connectivity index (χ2n) is 5.69. The molecule has 0 heterocycles. The number of ketones is 1. The fourth-order valence-electron chi connectivity index (χ4n) is 2.66. The highest BCUT2D eigenvalue weighted by Crippen LogP contribution is 2.17. The predicted molar refractivity (Wildman–Crippen MR) is 79.8 cm³/mol. The Balaban J connectivity index is 1.75. The zero-order chi connectivity index (χ0) is 14.4. The van der Waals surface area contributed by atoms with Gasteiger partial charge in [-0.1, -0.05) is 49.1 Å². The largest absolute Gasteiger partial charge is 0.353 e. The first-order chi connectivity index (χ1) is 9.65. The minimum absolute atomic E-state index is 0.0114. The zero-order valence-electron chi connectivity index (χ0n) is 12.2. The van der Waals surface area contributed by atoms with Crippen LogP contribution in [0.1, 0.15) is 60.9 Å². The SMILES string of the molecule is Cc1ccc(C(=O)CCC(=O)NC2CCCCC2)cc1. The summed E-state index contributed by atoms with van der Waals surface area (Å²) in [6, 6.07) is 7.84. The lowest BCUT2D eigenvalue weighted by atomic mass is 9.95. The number of hydrogen-bond donors (Lipinski definition) is 1. The van der Waals surface area contributed by atoms with E-state index in [-0.39, 0.29) is 11.7 Å². The molecule has 0 unspecified atom stereocenters. The van der Waals surface area contributed by atoms with E-state index in [2.05, 4.69) is 5.32 Å². The number of benzene rings is 1. The van der Waals surface area contributed by atoms with E-state index in [4.69, 9.17) is 0 Å². The molecule has 1 aromatic rings. The molecule has 1 aliphatic carbocycles. The quantitative estimate of drug-likeness (QED) is 0.836. The monoisotopic (exact) mass is 273 g/mol. The van der Waals surface area contributed by atoms with Gasteiger partial charge in [-0.25, -0.2) is 0 Å². The average molecular weight is 273 g/mol. The van der Waals surface area contributed by atoms with E-state index in [0.29, 0.717) is 24.4 Å². The van der Waals surface area contributed by atoms with E-state index < -0.39 is 0 Å². The van der Waals surface area contributed by atoms with E-state index in [1.54, 1.807) is 0 Å². The number of carbonyl (C=O) groups excluding carboxylic acids is 2. The molecule has 3 nitrogen and oxygen atoms in total. The smallest absolute Gasteiger partial charge is 0.220 e. The highest BCUT2D eigenvalue weighted by molar-refractivity contribution is 5.97. The molecular formula is C17H23NO2. The summed E-state index contributed by atoms with van der Waals surface area (Å²) in [5.74, 6) is 0.0566. The van der Waals surface area contributed by atoms with Crippen molar-refractivity contribution >= 4 is 11.7 Å². The molecule has 0 spiro atoms. The number of carbonyl (C=O) groups is 2. The molecule has 0 saturated heterocycles. The summed E-state index contributed by atoms with van der Waals surface area (Å²) in [7, 11) is 0. The number of aryl methyl sites for hydroxylation is 1. The van der Waals surface area contributed by atoms with Crippen molar-refractivity contribution in [2.45, 2.75) is 57.9 Å². The highest BCUT2D eigenvalue weighted by atomic mass is 16.2. The van der Waals surface area contributed by atoms with Crippen molar-refractivity contribution < 1.29 is 9.59 Å². The summed E-state index contributed by atoms with van der Waals surface area (Å²) in [5.41, 5.74) is 1.83. The summed E-state index contributed by atoms with van der Waals surface area (Å²) < 4.78 is 0. The molecule has 20 heavy (non-hydrogen) atoms. The van der Waals surface area contributed by atoms with Crippen LogP contribution < -0.4 is 5.32 Å². The van der Waals surface area contributed by atoms with Crippen LogP contribution in [0, 0.1) is 6.92 Å². The predicted octanol–water partition coefficient (Wildman–Crippen LogP) is 3.41. The first-order valence-electron chi connectivity index (χ1n) is 7.54. The summed E-state index contributed by atoms with van der Waals surface area (Å²) >= 11 is 0. The molecule has 1 aliphatic rings. The van der Waals surface area contributed by atoms with E-state index in [1.807, 2.05) is 31.2 Å². The van der Waals surface area contributed by atoms with Crippen LogP contribution in [-0.2, 0) is 4.79 Å². The number of amides is 1. The van der Waals surface area contributed by atoms with Crippen LogP contribution >= 0.6 is 0 Å². The summed E-state index contributed by atoms with van der Waals surface area (Å²) in [4.78, 5) is 23.8. The molecule has 0 aliphatic heterocycles. The van der Waals surface area contributed by atoms with E-state index in [9.17, 15) is 9.59 Å². The Hall–Kier alpha value is -1.64. The molecule has 1 fully saturated rings. The van der Waals surface area contributed by atoms with Crippen molar-refractivity contribution in [1.29, 1.82) is 0 Å². The van der Waals surface area contributed by atoms with Crippen molar-refractivity contribution in [3.05, 3.63) is 35.4 Å². The standard InChI is InChI=1S/C17H23NO2/c1-13-7-9-14(10-8-13)16(19)11-12-17(20)18-15-5-3-2-4-6-15/h7-10,15H,2-6,11-12H2,1H3,(H,18,20). The van der Waals surface area contributed by atoms with Crippen molar-refractivity contribution in [3.63, 3.8) is 0 Å². The van der Waals surface area contributed by atoms with Gasteiger partial charge in [0, 0.05) is 24.4 Å². The Kier molecular flexibility index (Phi) is 5.33. The van der Waals surface area contributed by atoms with Crippen LogP contribution in [0.5, 0.6) is 0 Å². The van der Waals surface area contributed by atoms with E-state index in [1.165, 1.54) is 19.3 Å². The van der Waals surface area contributed by atoms with Gasteiger partial charge in [0.25, 0.3) is 0 Å². The first kappa shape index (κ1) is 14.8. The zero-order valence-corrected chi connectivity index (χ0v) is 12.2. The maximum Gasteiger partial charge on any atom is 0.220 e. The maximum atomic E-state index is 12.0. The highest BCUT2D eigenvalue weighted by Gasteiger charge is 2.16. The molecule has 2 rings (SSSR count). The van der Waals surface area contributed by atoms with Gasteiger partial charge >= 0.3 is 0 Å². The summed E-state index contributed by atoms with van der Waals surface area (Å²) in [5, 5.41) is 3.04. The van der Waals surface area contributed by atoms with Crippen LogP contribution in [0.3, 0.4) is 0 Å². The minimum Gasteiger partial charge on any atom is -0.353 e. The van der Waals surface area contributed by atoms with Crippen LogP contribution in [-0.4, -0.2) is 17.7 Å². The Morgan fingerprint density at radius 3 is 2.35 bits per heavy atom. The molecule has 3 heteroatoms. The Morgan fingerprint density at radius 2 is 1.70 bits per heavy atom. The van der Waals surface area contributed by atoms with Gasteiger partial charge in [0.15, 0.2) is 5.78 Å². The summed E-state index contributed by atoms with van der Waals surface area (Å²) in [6.07, 6.45) is 6.43. The lowest BCUT2D eigenvalue weighted by molar-refractivity contribution is -0.121. The Bertz CT molecular complexity index is 458. The molecule has 108 valence electrons. The maximum absolute atomic E-state index is 12.0. The van der Waals surface area contributed by atoms with Gasteiger partial charge in [-0.05, 0) is 19.8 Å². The Morgan fingerprint density at radius 1 is 1.05 bits per heavy atom. The lowest BCUT2D eigenvalue weighted by Crippen LogP contribution is -2.36. The fourth-order valence-corrected chi connectivity index (χ4v) is 2.66. The van der Waals surface area contributed by atoms with Gasteiger partial charge in [-0.2, -0.15) is 0 Å². The van der Waals surface area contributed by atoms with Crippen LogP contribution in [0.25, 0.3) is 0 Å². The lowest BCUT2D eigenvalue weighted by Gasteiger charge is -2.22. The molecule has 0 bridgehead atoms. The third-order valence-corrected chi connectivity index (χ3v) is 3.92. The second-order valence-corrected chi connectivity index (χ2v) is 5.69. The van der Waals surface area contributed by atoms with Crippen molar-refractivity contribution in [2.24, 2.45) is 0 Å². The molecule has 0 atom stereocenters. The van der Waals surface area contributed by atoms with Crippen LogP contribution in [0.15, 0.2) is 24.3 Å². The van der Waals surface area contributed by atoms with Crippen molar-refractivity contribution in [1.82, 2.24) is 5.32 Å². The normalized spacial score (nSPS) is 15.8. The van der Waals surface area contributed by atoms with Gasteiger partial charge in [0.05, 0.1) is 0 Å². The number of hydrogen-bond acceptors (Lipinski definition) is 2. The average Bonchev–Trinajstić information content (AvgIpc) is 2.46. The Labute approximate surface area is 120 Å². The molecule has 1 amide bonds. The molecule has 1 saturated carbocycles. The fraction of sp³-hybridized carbons (Fsp3) is 0.529. The van der Waals surface area contributed by atoms with Crippen LogP contribution in [0.4, 0.5) is 0 Å². The first-order valence-corrected chi connectivity index (χ1v) is 7.54. The minimum atomic E-state index is 0.0114. The molecular weight excluding hydrogens is 250 g/mol. The van der Waals surface area contributed by atoms with Gasteiger partial charge in [0.1, 0.15) is 0 Å². The van der Waals surface area contributed by atoms with E-state index >= 15 is 0 Å². The van der Waals surface area contributed by atoms with Gasteiger partial charge in [-0.15, -0.1) is 0 Å². The molecule has 1 N–H and O–H groups in total. The second kappa shape index (κ2) is 7.22. The number of Topliss-reactive ketones (excluding diaryl/α,β-unsaturated/α-hetero) is 1. The number of nitrogens with one attached hydrogen (secondary N) is 1. The van der Waals surface area contributed by atoms with Crippen molar-refractivity contribution in [2.75, 3.05) is 0 Å². The third kappa shape index (κ3) is 4.48. The summed E-state index contributed by atoms with van der Waals surface area (Å²) in [6.45, 7) is 1.99. The van der Waals surface area contributed by atoms with Gasteiger partial charge in [0.2, 0.25) is 5.91 Å². The molecule has 1 aromatic carbocycles. The molecule has 0 radical (unpaired) electrons. The van der Waals surface area contributed by atoms with Crippen molar-refractivity contribution in [3.8, 4) is 0 Å². The topological polar surface area (TPSA) is 46.2 Å². The molecule has 0 aromatic heterocycles. The number of rotatable bonds is 5. The van der Waals surface area contributed by atoms with Gasteiger partial charge in [-0.3, -0.25) is 9.59 Å². The third-order valence-electron chi connectivity index (χ3n) is 3.92.